The number of benzene rings is 1. The molecule has 2 rings (SSSR count). The molecule has 4 nitrogen and oxygen atoms in total. The second-order valence-corrected chi connectivity index (χ2v) is 4.85. The summed E-state index contributed by atoms with van der Waals surface area (Å²) >= 11 is 1.59. The number of thioether (sulfide) groups is 1. The Hall–Kier alpha value is -1.59. The van der Waals surface area contributed by atoms with Crippen LogP contribution in [0.1, 0.15) is 18.3 Å². The minimum atomic E-state index is 0.727. The van der Waals surface area contributed by atoms with Crippen LogP contribution < -0.4 is 0 Å². The fourth-order valence-electron chi connectivity index (χ4n) is 1.47. The third-order valence-electron chi connectivity index (χ3n) is 2.38. The molecule has 100 valence electrons. The van der Waals surface area contributed by atoms with E-state index in [9.17, 15) is 0 Å². The second-order valence-electron chi connectivity index (χ2n) is 3.79. The van der Waals surface area contributed by atoms with E-state index >= 15 is 0 Å². The van der Waals surface area contributed by atoms with E-state index in [1.807, 2.05) is 49.4 Å². The lowest BCUT2D eigenvalue weighted by molar-refractivity contribution is 0.164. The predicted octanol–water partition coefficient (Wildman–Crippen LogP) is 3.10. The molecule has 1 aromatic carbocycles. The van der Waals surface area contributed by atoms with Gasteiger partial charge in [0.15, 0.2) is 0 Å². The number of aromatic nitrogens is 3. The van der Waals surface area contributed by atoms with Crippen LogP contribution in [0.3, 0.4) is 0 Å². The predicted molar refractivity (Wildman–Crippen MR) is 79.0 cm³/mol. The number of rotatable bonds is 7. The summed E-state index contributed by atoms with van der Waals surface area (Å²) in [6.45, 7) is 3.47. The maximum atomic E-state index is 5.27. The number of ether oxygens (including phenoxy) is 1. The molecule has 0 aliphatic rings. The lowest BCUT2D eigenvalue weighted by Crippen LogP contribution is -1.96. The Kier molecular flexibility index (Phi) is 5.65. The van der Waals surface area contributed by atoms with Crippen LogP contribution in [0.5, 0.6) is 0 Å². The first-order valence-corrected chi connectivity index (χ1v) is 7.23. The fourth-order valence-corrected chi connectivity index (χ4v) is 2.13. The van der Waals surface area contributed by atoms with Crippen molar-refractivity contribution in [2.24, 2.45) is 0 Å². The minimum Gasteiger partial charge on any atom is -0.381 e. The third kappa shape index (κ3) is 4.89. The molecule has 1 N–H and O–H groups in total. The lowest BCUT2D eigenvalue weighted by atomic mass is 10.2. The number of hydrogen-bond donors (Lipinski definition) is 1. The Bertz CT molecular complexity index is 510. The van der Waals surface area contributed by atoms with Gasteiger partial charge in [-0.05, 0) is 18.6 Å². The van der Waals surface area contributed by atoms with Crippen molar-refractivity contribution in [3.63, 3.8) is 0 Å². The van der Waals surface area contributed by atoms with Crippen LogP contribution in [-0.2, 0) is 4.74 Å². The molecular weight excluding hydrogens is 258 g/mol. The number of aromatic amines is 1. The van der Waals surface area contributed by atoms with E-state index in [1.54, 1.807) is 11.8 Å². The number of nitrogens with one attached hydrogen (secondary N) is 1. The average molecular weight is 275 g/mol. The van der Waals surface area contributed by atoms with E-state index in [2.05, 4.69) is 15.2 Å². The molecule has 0 radical (unpaired) electrons. The molecule has 0 aliphatic heterocycles. The van der Waals surface area contributed by atoms with E-state index in [1.165, 1.54) is 0 Å². The Balaban J connectivity index is 1.85. The van der Waals surface area contributed by atoms with Gasteiger partial charge in [0.05, 0.1) is 6.61 Å². The highest BCUT2D eigenvalue weighted by Crippen LogP contribution is 2.13. The smallest absolute Gasteiger partial charge is 0.208 e. The van der Waals surface area contributed by atoms with Crippen molar-refractivity contribution >= 4 is 23.9 Å². The molecule has 0 bridgehead atoms. The molecule has 0 spiro atoms. The SMILES string of the molecule is CCOCCSc1n[nH]c(C=Cc2ccccc2)n1. The maximum Gasteiger partial charge on any atom is 0.208 e. The van der Waals surface area contributed by atoms with Gasteiger partial charge < -0.3 is 4.74 Å². The van der Waals surface area contributed by atoms with Crippen LogP contribution in [0.15, 0.2) is 35.5 Å². The van der Waals surface area contributed by atoms with Crippen molar-refractivity contribution in [2.75, 3.05) is 19.0 Å². The summed E-state index contributed by atoms with van der Waals surface area (Å²) in [5.74, 6) is 1.64. The summed E-state index contributed by atoms with van der Waals surface area (Å²) in [4.78, 5) is 4.38. The Morgan fingerprint density at radius 2 is 2.11 bits per heavy atom. The summed E-state index contributed by atoms with van der Waals surface area (Å²) in [5.41, 5.74) is 1.14. The lowest BCUT2D eigenvalue weighted by Gasteiger charge is -1.96. The van der Waals surface area contributed by atoms with Gasteiger partial charge in [0.25, 0.3) is 0 Å². The number of nitrogens with zero attached hydrogens (tertiary/aromatic N) is 2. The van der Waals surface area contributed by atoms with Crippen molar-refractivity contribution in [3.05, 3.63) is 41.7 Å². The normalized spacial score (nSPS) is 11.2. The molecule has 0 atom stereocenters. The van der Waals surface area contributed by atoms with Gasteiger partial charge in [0.1, 0.15) is 5.82 Å². The Morgan fingerprint density at radius 1 is 1.26 bits per heavy atom. The Labute approximate surface area is 117 Å². The summed E-state index contributed by atoms with van der Waals surface area (Å²) in [6, 6.07) is 10.1. The highest BCUT2D eigenvalue weighted by molar-refractivity contribution is 7.99. The van der Waals surface area contributed by atoms with Gasteiger partial charge in [-0.1, -0.05) is 48.2 Å². The topological polar surface area (TPSA) is 50.8 Å². The van der Waals surface area contributed by atoms with E-state index in [0.29, 0.717) is 0 Å². The fraction of sp³-hybridized carbons (Fsp3) is 0.286. The molecule has 19 heavy (non-hydrogen) atoms. The van der Waals surface area contributed by atoms with Gasteiger partial charge in [-0.15, -0.1) is 5.10 Å². The molecule has 2 aromatic rings. The summed E-state index contributed by atoms with van der Waals surface area (Å²) in [6.07, 6.45) is 3.93. The van der Waals surface area contributed by atoms with Gasteiger partial charge in [0.2, 0.25) is 5.16 Å². The zero-order valence-corrected chi connectivity index (χ0v) is 11.7. The summed E-state index contributed by atoms with van der Waals surface area (Å²) in [7, 11) is 0. The molecule has 1 aromatic heterocycles. The summed E-state index contributed by atoms with van der Waals surface area (Å²) in [5, 5.41) is 7.81. The zero-order chi connectivity index (χ0) is 13.3. The van der Waals surface area contributed by atoms with Crippen LogP contribution in [0.25, 0.3) is 12.2 Å². The van der Waals surface area contributed by atoms with Gasteiger partial charge in [-0.3, -0.25) is 5.10 Å². The molecule has 0 aliphatic carbocycles. The van der Waals surface area contributed by atoms with Gasteiger partial charge in [-0.25, -0.2) is 4.98 Å². The third-order valence-corrected chi connectivity index (χ3v) is 3.19. The zero-order valence-electron chi connectivity index (χ0n) is 10.9. The van der Waals surface area contributed by atoms with Crippen molar-refractivity contribution in [2.45, 2.75) is 12.1 Å². The van der Waals surface area contributed by atoms with E-state index in [4.69, 9.17) is 4.74 Å². The van der Waals surface area contributed by atoms with Gasteiger partial charge in [-0.2, -0.15) is 0 Å². The second kappa shape index (κ2) is 7.76. The largest absolute Gasteiger partial charge is 0.381 e. The maximum absolute atomic E-state index is 5.27. The first kappa shape index (κ1) is 13.8. The molecule has 0 fully saturated rings. The number of H-pyrrole nitrogens is 1. The van der Waals surface area contributed by atoms with Crippen molar-refractivity contribution in [1.82, 2.24) is 15.2 Å². The first-order valence-electron chi connectivity index (χ1n) is 6.24. The quantitative estimate of drug-likeness (QED) is 0.623. The molecule has 0 unspecified atom stereocenters. The molecule has 1 heterocycles. The molecule has 0 saturated heterocycles. The Morgan fingerprint density at radius 3 is 2.89 bits per heavy atom. The van der Waals surface area contributed by atoms with E-state index in [-0.39, 0.29) is 0 Å². The first-order chi connectivity index (χ1) is 9.38. The van der Waals surface area contributed by atoms with Crippen LogP contribution in [0, 0.1) is 0 Å². The monoisotopic (exact) mass is 275 g/mol. The van der Waals surface area contributed by atoms with Crippen molar-refractivity contribution in [1.29, 1.82) is 0 Å². The summed E-state index contributed by atoms with van der Waals surface area (Å²) < 4.78 is 5.27. The van der Waals surface area contributed by atoms with Gasteiger partial charge >= 0.3 is 0 Å². The van der Waals surface area contributed by atoms with E-state index in [0.717, 1.165) is 35.5 Å². The van der Waals surface area contributed by atoms with E-state index < -0.39 is 0 Å². The van der Waals surface area contributed by atoms with Crippen LogP contribution in [-0.4, -0.2) is 34.1 Å². The standard InChI is InChI=1S/C14H17N3OS/c1-2-18-10-11-19-14-15-13(16-17-14)9-8-12-6-4-3-5-7-12/h3-9H,2,10-11H2,1H3,(H,15,16,17). The van der Waals surface area contributed by atoms with Gasteiger partial charge in [0, 0.05) is 12.4 Å². The van der Waals surface area contributed by atoms with Crippen molar-refractivity contribution in [3.8, 4) is 0 Å². The molecule has 0 amide bonds. The molecule has 0 saturated carbocycles. The van der Waals surface area contributed by atoms with Crippen molar-refractivity contribution < 1.29 is 4.74 Å². The van der Waals surface area contributed by atoms with Crippen LogP contribution in [0.2, 0.25) is 0 Å². The molecular formula is C14H17N3OS. The van der Waals surface area contributed by atoms with Crippen LogP contribution in [0.4, 0.5) is 0 Å². The number of hydrogen-bond acceptors (Lipinski definition) is 4. The minimum absolute atomic E-state index is 0.727. The molecule has 5 heteroatoms. The highest BCUT2D eigenvalue weighted by Gasteiger charge is 2.00. The highest BCUT2D eigenvalue weighted by atomic mass is 32.2. The average Bonchev–Trinajstić information content (AvgIpc) is 2.91. The van der Waals surface area contributed by atoms with Crippen LogP contribution >= 0.6 is 11.8 Å².